The van der Waals surface area contributed by atoms with Crippen molar-refractivity contribution >= 4 is 4.73 Å². The van der Waals surface area contributed by atoms with Crippen molar-refractivity contribution in [3.8, 4) is 0 Å². The van der Waals surface area contributed by atoms with Crippen molar-refractivity contribution in [3.05, 3.63) is 59.4 Å². The molecule has 0 radical (unpaired) electrons. The molecule has 0 aliphatic heterocycles. The molecule has 0 spiro atoms. The van der Waals surface area contributed by atoms with Crippen molar-refractivity contribution in [2.24, 2.45) is 0 Å². The van der Waals surface area contributed by atoms with Crippen LogP contribution in [-0.4, -0.2) is 4.73 Å². The molecule has 1 unspecified atom stereocenters. The first-order valence-electron chi connectivity index (χ1n) is 8.09. The van der Waals surface area contributed by atoms with E-state index in [2.05, 4.69) is 69.5 Å². The fourth-order valence-corrected chi connectivity index (χ4v) is 2.92. The predicted octanol–water partition coefficient (Wildman–Crippen LogP) is 5.65. The first kappa shape index (κ1) is 19.0. The molecule has 119 valence electrons. The second kappa shape index (κ2) is 9.87. The molecule has 0 N–H and O–H groups in total. The van der Waals surface area contributed by atoms with Gasteiger partial charge in [0, 0.05) is 0 Å². The Bertz CT molecular complexity index is 529. The number of hydrogen-bond donors (Lipinski definition) is 0. The molecule has 0 amide bonds. The first-order chi connectivity index (χ1) is 10.5. The Morgan fingerprint density at radius 2 is 2.00 bits per heavy atom. The van der Waals surface area contributed by atoms with Crippen LogP contribution in [0.25, 0.3) is 0 Å². The molecular weight excluding hydrogens is 307 g/mol. The van der Waals surface area contributed by atoms with Crippen LogP contribution < -0.4 is 0 Å². The SMILES string of the molecule is C=C/C=C(\[CH]=[V])OCc1ccc(C(C)C)c(C(C)CCC)c1. The predicted molar refractivity (Wildman–Crippen MR) is 93.0 cm³/mol. The number of rotatable bonds is 9. The van der Waals surface area contributed by atoms with E-state index < -0.39 is 0 Å². The Balaban J connectivity index is 2.98. The molecule has 0 fully saturated rings. The Morgan fingerprint density at radius 1 is 1.27 bits per heavy atom. The average Bonchev–Trinajstić information content (AvgIpc) is 2.51. The number of ether oxygens (including phenoxy) is 1. The van der Waals surface area contributed by atoms with Crippen molar-refractivity contribution < 1.29 is 21.7 Å². The van der Waals surface area contributed by atoms with Crippen molar-refractivity contribution in [1.29, 1.82) is 0 Å². The third-order valence-corrected chi connectivity index (χ3v) is 4.24. The van der Waals surface area contributed by atoms with Crippen LogP contribution in [-0.2, 0) is 28.3 Å². The van der Waals surface area contributed by atoms with Crippen LogP contribution >= 0.6 is 0 Å². The van der Waals surface area contributed by atoms with Gasteiger partial charge in [0.1, 0.15) is 0 Å². The average molecular weight is 335 g/mol. The summed E-state index contributed by atoms with van der Waals surface area (Å²) in [5.74, 6) is 1.99. The molecule has 22 heavy (non-hydrogen) atoms. The fourth-order valence-electron chi connectivity index (χ4n) is 2.67. The van der Waals surface area contributed by atoms with Gasteiger partial charge in [-0.05, 0) is 0 Å². The maximum atomic E-state index is 5.83. The quantitative estimate of drug-likeness (QED) is 0.418. The Morgan fingerprint density at radius 3 is 2.55 bits per heavy atom. The molecule has 0 aromatic heterocycles. The van der Waals surface area contributed by atoms with Crippen LogP contribution in [0.5, 0.6) is 0 Å². The van der Waals surface area contributed by atoms with Crippen molar-refractivity contribution in [2.45, 2.75) is 59.0 Å². The molecule has 1 aromatic rings. The maximum absolute atomic E-state index is 5.83. The van der Waals surface area contributed by atoms with Crippen molar-refractivity contribution in [2.75, 3.05) is 0 Å². The normalized spacial score (nSPS) is 13.0. The van der Waals surface area contributed by atoms with Gasteiger partial charge in [-0.25, -0.2) is 0 Å². The fraction of sp³-hybridized carbons (Fsp3) is 0.450. The van der Waals surface area contributed by atoms with Gasteiger partial charge < -0.3 is 0 Å². The summed E-state index contributed by atoms with van der Waals surface area (Å²) in [5, 5.41) is 0. The number of benzene rings is 1. The zero-order valence-electron chi connectivity index (χ0n) is 14.3. The van der Waals surface area contributed by atoms with Crippen LogP contribution in [0.4, 0.5) is 0 Å². The van der Waals surface area contributed by atoms with E-state index in [4.69, 9.17) is 4.74 Å². The minimum absolute atomic E-state index is 0.557. The summed E-state index contributed by atoms with van der Waals surface area (Å²) in [6.45, 7) is 13.4. The van der Waals surface area contributed by atoms with Crippen LogP contribution in [0.2, 0.25) is 0 Å². The second-order valence-corrected chi connectivity index (χ2v) is 6.43. The van der Waals surface area contributed by atoms with Gasteiger partial charge in [0.25, 0.3) is 0 Å². The number of hydrogen-bond acceptors (Lipinski definition) is 1. The van der Waals surface area contributed by atoms with Gasteiger partial charge in [-0.1, -0.05) is 0 Å². The van der Waals surface area contributed by atoms with Crippen molar-refractivity contribution in [1.82, 2.24) is 0 Å². The summed E-state index contributed by atoms with van der Waals surface area (Å²) in [7, 11) is 0. The molecule has 1 rings (SSSR count). The van der Waals surface area contributed by atoms with E-state index in [1.165, 1.54) is 29.5 Å². The van der Waals surface area contributed by atoms with Gasteiger partial charge in [-0.2, -0.15) is 0 Å². The van der Waals surface area contributed by atoms with Crippen molar-refractivity contribution in [3.63, 3.8) is 0 Å². The third kappa shape index (κ3) is 5.63. The molecule has 0 aliphatic rings. The van der Waals surface area contributed by atoms with Gasteiger partial charge in [-0.15, -0.1) is 0 Å². The van der Waals surface area contributed by atoms with Gasteiger partial charge in [-0.3, -0.25) is 0 Å². The van der Waals surface area contributed by atoms with E-state index in [-0.39, 0.29) is 0 Å². The summed E-state index contributed by atoms with van der Waals surface area (Å²) < 4.78 is 7.73. The van der Waals surface area contributed by atoms with Gasteiger partial charge in [0.2, 0.25) is 0 Å². The van der Waals surface area contributed by atoms with Crippen LogP contribution in [0.15, 0.2) is 42.7 Å². The van der Waals surface area contributed by atoms with E-state index in [0.717, 1.165) is 5.76 Å². The van der Waals surface area contributed by atoms with E-state index in [9.17, 15) is 0 Å². The molecular formula is C20H28OV. The zero-order valence-corrected chi connectivity index (χ0v) is 15.7. The van der Waals surface area contributed by atoms with Crippen LogP contribution in [0.3, 0.4) is 0 Å². The molecule has 0 heterocycles. The molecule has 0 saturated carbocycles. The van der Waals surface area contributed by atoms with E-state index in [1.807, 2.05) is 10.8 Å². The van der Waals surface area contributed by atoms with Crippen LogP contribution in [0, 0.1) is 0 Å². The summed E-state index contributed by atoms with van der Waals surface area (Å²) in [6, 6.07) is 6.78. The minimum atomic E-state index is 0.557. The third-order valence-electron chi connectivity index (χ3n) is 3.84. The summed E-state index contributed by atoms with van der Waals surface area (Å²) >= 11 is 2.42. The molecule has 0 aliphatic carbocycles. The standard InChI is InChI=1S/C20H28O.V/c1-7-9-16(5)20-13-18(11-12-19(20)15(3)4)14-21-17(6)10-8-2;/h6,8,10-13,15-16H,2,7,9,14H2,1,3-5H3;/b17-10+;. The Kier molecular flexibility index (Phi) is 8.52. The summed E-state index contributed by atoms with van der Waals surface area (Å²) in [5.41, 5.74) is 4.17. The topological polar surface area (TPSA) is 9.23 Å². The zero-order chi connectivity index (χ0) is 16.5. The molecule has 1 nitrogen and oxygen atoms in total. The number of allylic oxidation sites excluding steroid dienone is 3. The first-order valence-corrected chi connectivity index (χ1v) is 8.89. The van der Waals surface area contributed by atoms with E-state index in [1.54, 1.807) is 6.08 Å². The van der Waals surface area contributed by atoms with Crippen LogP contribution in [0.1, 0.15) is 69.1 Å². The molecule has 0 bridgehead atoms. The van der Waals surface area contributed by atoms with E-state index >= 15 is 0 Å². The molecule has 0 saturated heterocycles. The van der Waals surface area contributed by atoms with Gasteiger partial charge in [0.05, 0.1) is 0 Å². The second-order valence-electron chi connectivity index (χ2n) is 6.03. The summed E-state index contributed by atoms with van der Waals surface area (Å²) in [6.07, 6.45) is 6.07. The summed E-state index contributed by atoms with van der Waals surface area (Å²) in [4.78, 5) is 0. The van der Waals surface area contributed by atoms with E-state index in [0.29, 0.717) is 18.4 Å². The van der Waals surface area contributed by atoms with Gasteiger partial charge >= 0.3 is 145 Å². The van der Waals surface area contributed by atoms with Gasteiger partial charge in [0.15, 0.2) is 0 Å². The monoisotopic (exact) mass is 335 g/mol. The molecule has 1 atom stereocenters. The Labute approximate surface area is 145 Å². The Hall–Kier alpha value is -1.05. The molecule has 2 heteroatoms. The molecule has 1 aromatic carbocycles.